The molecule has 0 fully saturated rings. The molecule has 0 atom stereocenters. The zero-order valence-corrected chi connectivity index (χ0v) is 17.2. The van der Waals surface area contributed by atoms with Crippen molar-refractivity contribution in [2.24, 2.45) is 10.7 Å². The zero-order valence-electron chi connectivity index (χ0n) is 15.6. The molecule has 2 N–H and O–H groups in total. The van der Waals surface area contributed by atoms with Crippen molar-refractivity contribution < 1.29 is 28.5 Å². The zero-order chi connectivity index (χ0) is 21.0. The lowest BCUT2D eigenvalue weighted by atomic mass is 10.1. The van der Waals surface area contributed by atoms with E-state index in [1.807, 2.05) is 12.1 Å². The number of halogens is 1. The van der Waals surface area contributed by atoms with E-state index in [9.17, 15) is 9.59 Å². The van der Waals surface area contributed by atoms with E-state index in [4.69, 9.17) is 24.7 Å². The molecule has 29 heavy (non-hydrogen) atoms. The summed E-state index contributed by atoms with van der Waals surface area (Å²) < 4.78 is 22.1. The van der Waals surface area contributed by atoms with Gasteiger partial charge in [0.05, 0.1) is 14.2 Å². The Labute approximate surface area is 175 Å². The van der Waals surface area contributed by atoms with Crippen molar-refractivity contribution in [2.45, 2.75) is 0 Å². The van der Waals surface area contributed by atoms with Gasteiger partial charge in [0, 0.05) is 10.0 Å². The molecule has 8 nitrogen and oxygen atoms in total. The van der Waals surface area contributed by atoms with E-state index < -0.39 is 11.9 Å². The maximum absolute atomic E-state index is 12.2. The van der Waals surface area contributed by atoms with Crippen molar-refractivity contribution in [3.63, 3.8) is 0 Å². The number of hydrogen-bond donors (Lipinski definition) is 1. The van der Waals surface area contributed by atoms with Gasteiger partial charge in [-0.25, -0.2) is 9.79 Å². The Morgan fingerprint density at radius 2 is 1.90 bits per heavy atom. The summed E-state index contributed by atoms with van der Waals surface area (Å²) in [5.74, 6) is -0.165. The number of ether oxygens (including phenoxy) is 4. The molecule has 1 aliphatic rings. The highest BCUT2D eigenvalue weighted by atomic mass is 79.9. The number of amides is 1. The Morgan fingerprint density at radius 3 is 2.48 bits per heavy atom. The van der Waals surface area contributed by atoms with Crippen LogP contribution in [-0.2, 0) is 14.3 Å². The van der Waals surface area contributed by atoms with Gasteiger partial charge in [0.25, 0.3) is 5.91 Å². The van der Waals surface area contributed by atoms with E-state index in [1.165, 1.54) is 20.3 Å². The minimum Gasteiger partial charge on any atom is -0.493 e. The molecule has 150 valence electrons. The second kappa shape index (κ2) is 8.78. The summed E-state index contributed by atoms with van der Waals surface area (Å²) in [5, 5.41) is 0. The van der Waals surface area contributed by atoms with Gasteiger partial charge in [-0.2, -0.15) is 0 Å². The molecule has 0 bridgehead atoms. The van der Waals surface area contributed by atoms with Gasteiger partial charge in [-0.1, -0.05) is 22.0 Å². The summed E-state index contributed by atoms with van der Waals surface area (Å²) >= 11 is 3.37. The third-order valence-electron chi connectivity index (χ3n) is 3.84. The van der Waals surface area contributed by atoms with Gasteiger partial charge in [-0.05, 0) is 42.0 Å². The average Bonchev–Trinajstić information content (AvgIpc) is 3.06. The molecular weight excluding hydrogens is 444 g/mol. The van der Waals surface area contributed by atoms with Gasteiger partial charge < -0.3 is 24.7 Å². The van der Waals surface area contributed by atoms with E-state index in [-0.39, 0.29) is 24.0 Å². The van der Waals surface area contributed by atoms with Crippen molar-refractivity contribution in [2.75, 3.05) is 20.8 Å². The predicted octanol–water partition coefficient (Wildman–Crippen LogP) is 2.67. The van der Waals surface area contributed by atoms with E-state index >= 15 is 0 Å². The lowest BCUT2D eigenvalue weighted by molar-refractivity contribution is -0.130. The van der Waals surface area contributed by atoms with Crippen LogP contribution in [0.5, 0.6) is 17.2 Å². The van der Waals surface area contributed by atoms with Crippen LogP contribution in [0.2, 0.25) is 0 Å². The van der Waals surface area contributed by atoms with Gasteiger partial charge in [0.2, 0.25) is 11.6 Å². The Kier molecular flexibility index (Phi) is 6.18. The van der Waals surface area contributed by atoms with Crippen LogP contribution in [-0.4, -0.2) is 38.6 Å². The maximum atomic E-state index is 12.2. The second-order valence-corrected chi connectivity index (χ2v) is 6.77. The number of benzene rings is 2. The molecule has 0 saturated heterocycles. The standard InChI is InChI=1S/C20H17BrN2O6/c1-26-15-7-11(8-16(27-2)18(15)28-10-17(22)24)6-14-20(25)29-19(23-14)12-4-3-5-13(21)9-12/h3-9H,10H2,1-2H3,(H2,22,24). The van der Waals surface area contributed by atoms with Crippen molar-refractivity contribution in [3.05, 3.63) is 57.7 Å². The van der Waals surface area contributed by atoms with Crippen LogP contribution < -0.4 is 19.9 Å². The van der Waals surface area contributed by atoms with Crippen molar-refractivity contribution in [1.82, 2.24) is 0 Å². The monoisotopic (exact) mass is 460 g/mol. The van der Waals surface area contributed by atoms with Gasteiger partial charge in [0.15, 0.2) is 23.8 Å². The summed E-state index contributed by atoms with van der Waals surface area (Å²) in [4.78, 5) is 27.5. The molecule has 0 unspecified atom stereocenters. The fraction of sp³-hybridized carbons (Fsp3) is 0.150. The molecule has 0 aliphatic carbocycles. The summed E-state index contributed by atoms with van der Waals surface area (Å²) in [6.45, 7) is -0.334. The highest BCUT2D eigenvalue weighted by Gasteiger charge is 2.25. The van der Waals surface area contributed by atoms with Crippen molar-refractivity contribution in [1.29, 1.82) is 0 Å². The van der Waals surface area contributed by atoms with Crippen LogP contribution >= 0.6 is 15.9 Å². The number of carbonyl (C=O) groups is 2. The quantitative estimate of drug-likeness (QED) is 0.502. The third kappa shape index (κ3) is 4.75. The molecule has 9 heteroatoms. The van der Waals surface area contributed by atoms with Crippen molar-refractivity contribution >= 4 is 39.8 Å². The number of esters is 1. The van der Waals surface area contributed by atoms with E-state index in [2.05, 4.69) is 20.9 Å². The summed E-state index contributed by atoms with van der Waals surface area (Å²) in [6.07, 6.45) is 1.54. The van der Waals surface area contributed by atoms with E-state index in [0.717, 1.165) is 4.47 Å². The number of nitrogens with zero attached hydrogens (tertiary/aromatic N) is 1. The minimum absolute atomic E-state index is 0.120. The topological polar surface area (TPSA) is 109 Å². The fourth-order valence-corrected chi connectivity index (χ4v) is 2.98. The molecule has 1 heterocycles. The number of cyclic esters (lactones) is 1. The second-order valence-electron chi connectivity index (χ2n) is 5.86. The SMILES string of the molecule is COc1cc(C=C2N=C(c3cccc(Br)c3)OC2=O)cc(OC)c1OCC(N)=O. The lowest BCUT2D eigenvalue weighted by Gasteiger charge is -2.14. The fourth-order valence-electron chi connectivity index (χ4n) is 2.58. The number of primary amides is 1. The van der Waals surface area contributed by atoms with Crippen LogP contribution in [0.25, 0.3) is 6.08 Å². The number of rotatable bonds is 7. The molecular formula is C20H17BrN2O6. The Bertz CT molecular complexity index is 1010. The average molecular weight is 461 g/mol. The van der Waals surface area contributed by atoms with Gasteiger partial charge in [-0.3, -0.25) is 4.79 Å². The molecule has 1 aliphatic heterocycles. The van der Waals surface area contributed by atoms with Crippen LogP contribution in [0.1, 0.15) is 11.1 Å². The number of hydrogen-bond acceptors (Lipinski definition) is 7. The third-order valence-corrected chi connectivity index (χ3v) is 4.33. The summed E-state index contributed by atoms with van der Waals surface area (Å²) in [5.41, 5.74) is 6.48. The largest absolute Gasteiger partial charge is 0.493 e. The van der Waals surface area contributed by atoms with Crippen molar-refractivity contribution in [3.8, 4) is 17.2 Å². The van der Waals surface area contributed by atoms with E-state index in [1.54, 1.807) is 24.3 Å². The Hall–Kier alpha value is -3.33. The molecule has 0 radical (unpaired) electrons. The first-order valence-electron chi connectivity index (χ1n) is 8.37. The number of aliphatic imine (C=N–C) groups is 1. The van der Waals surface area contributed by atoms with Gasteiger partial charge in [-0.15, -0.1) is 0 Å². The Morgan fingerprint density at radius 1 is 1.21 bits per heavy atom. The first kappa shape index (κ1) is 20.4. The van der Waals surface area contributed by atoms with Crippen LogP contribution in [0, 0.1) is 0 Å². The van der Waals surface area contributed by atoms with Crippen LogP contribution in [0.3, 0.4) is 0 Å². The number of nitrogens with two attached hydrogens (primary N) is 1. The smallest absolute Gasteiger partial charge is 0.363 e. The normalized spacial score (nSPS) is 14.4. The predicted molar refractivity (Wildman–Crippen MR) is 109 cm³/mol. The highest BCUT2D eigenvalue weighted by molar-refractivity contribution is 9.10. The lowest BCUT2D eigenvalue weighted by Crippen LogP contribution is -2.20. The number of carbonyl (C=O) groups excluding carboxylic acids is 2. The molecule has 1 amide bonds. The molecule has 0 spiro atoms. The minimum atomic E-state index is -0.636. The molecule has 0 saturated carbocycles. The maximum Gasteiger partial charge on any atom is 0.363 e. The molecule has 0 aromatic heterocycles. The molecule has 2 aromatic rings. The number of methoxy groups -OCH3 is 2. The van der Waals surface area contributed by atoms with E-state index in [0.29, 0.717) is 22.6 Å². The summed E-state index contributed by atoms with van der Waals surface area (Å²) in [7, 11) is 2.88. The van der Waals surface area contributed by atoms with Crippen LogP contribution in [0.15, 0.2) is 51.6 Å². The van der Waals surface area contributed by atoms with Gasteiger partial charge in [0.1, 0.15) is 0 Å². The first-order valence-corrected chi connectivity index (χ1v) is 9.16. The molecule has 3 rings (SSSR count). The van der Waals surface area contributed by atoms with Crippen LogP contribution in [0.4, 0.5) is 0 Å². The summed E-state index contributed by atoms with van der Waals surface area (Å²) in [6, 6.07) is 10.5. The first-order chi connectivity index (χ1) is 13.9. The molecule has 2 aromatic carbocycles. The Balaban J connectivity index is 1.96. The highest BCUT2D eigenvalue weighted by Crippen LogP contribution is 2.39. The van der Waals surface area contributed by atoms with Gasteiger partial charge >= 0.3 is 5.97 Å².